The van der Waals surface area contributed by atoms with Gasteiger partial charge in [-0.1, -0.05) is 0 Å². The molecule has 0 bridgehead atoms. The van der Waals surface area contributed by atoms with Crippen LogP contribution in [0.4, 0.5) is 0 Å². The van der Waals surface area contributed by atoms with Gasteiger partial charge in [-0.3, -0.25) is 0 Å². The molecule has 1 N–H and O–H groups in total. The van der Waals surface area contributed by atoms with E-state index in [1.165, 1.54) is 0 Å². The normalized spacial score (nSPS) is 15.7. The van der Waals surface area contributed by atoms with Gasteiger partial charge < -0.3 is 0 Å². The molecule has 2 heteroatoms. The third-order valence-electron chi connectivity index (χ3n) is 0.756. The topological polar surface area (TPSA) is 20.2 Å². The van der Waals surface area contributed by atoms with Crippen LogP contribution in [-0.4, -0.2) is 31.3 Å². The molecule has 0 saturated heterocycles. The molecular weight excluding hydrogens is 191 g/mol. The van der Waals surface area contributed by atoms with Crippen molar-refractivity contribution in [2.24, 2.45) is 0 Å². The van der Waals surface area contributed by atoms with Gasteiger partial charge in [-0.25, -0.2) is 0 Å². The molecule has 7 heavy (non-hydrogen) atoms. The second kappa shape index (κ2) is 2.36. The molecule has 1 aliphatic heterocycles. The van der Waals surface area contributed by atoms with Crippen molar-refractivity contribution in [3.8, 4) is 0 Å². The van der Waals surface area contributed by atoms with Crippen molar-refractivity contribution < 1.29 is 5.11 Å². The number of rotatable bonds is 0. The summed E-state index contributed by atoms with van der Waals surface area (Å²) in [7, 11) is 0. The fourth-order valence-electron chi connectivity index (χ4n) is 0.428. The van der Waals surface area contributed by atoms with Crippen molar-refractivity contribution in [1.82, 2.24) is 0 Å². The van der Waals surface area contributed by atoms with Crippen LogP contribution in [0.25, 0.3) is 0 Å². The third-order valence-corrected chi connectivity index (χ3v) is 3.12. The van der Waals surface area contributed by atoms with Crippen LogP contribution in [0.2, 0.25) is 0 Å². The summed E-state index contributed by atoms with van der Waals surface area (Å²) in [6.07, 6.45) is 3.56. The first-order chi connectivity index (χ1) is 3.39. The first-order valence-electron chi connectivity index (χ1n) is 2.13. The number of aliphatic hydroxyl groups is 1. The van der Waals surface area contributed by atoms with Gasteiger partial charge in [-0.05, 0) is 0 Å². The summed E-state index contributed by atoms with van der Waals surface area (Å²) in [5, 5.41) is 8.68. The zero-order chi connectivity index (χ0) is 5.11. The van der Waals surface area contributed by atoms with Gasteiger partial charge >= 0.3 is 53.0 Å². The Morgan fingerprint density at radius 2 is 2.43 bits per heavy atom. The molecule has 0 amide bonds. The number of hydrogen-bond donors (Lipinski definition) is 1. The van der Waals surface area contributed by atoms with Gasteiger partial charge in [0.05, 0.1) is 0 Å². The van der Waals surface area contributed by atoms with Gasteiger partial charge in [0.25, 0.3) is 0 Å². The molecule has 0 atom stereocenters. The predicted molar refractivity (Wildman–Crippen MR) is 31.7 cm³/mol. The minimum absolute atomic E-state index is 0.401. The molecule has 34 valence electrons. The van der Waals surface area contributed by atoms with Crippen LogP contribution in [0.15, 0.2) is 21.7 Å². The Morgan fingerprint density at radius 3 is 2.71 bits per heavy atom. The Kier molecular flexibility index (Phi) is 1.74. The summed E-state index contributed by atoms with van der Waals surface area (Å²) in [5.74, 6) is 0.401. The fourth-order valence-corrected chi connectivity index (χ4v) is 2.55. The number of aliphatic hydroxyl groups excluding tert-OH is 1. The monoisotopic (exact) mass is 196 g/mol. The summed E-state index contributed by atoms with van der Waals surface area (Å²) in [5.41, 5.74) is 0. The van der Waals surface area contributed by atoms with Crippen LogP contribution in [0.5, 0.6) is 0 Å². The molecule has 0 radical (unpaired) electrons. The van der Waals surface area contributed by atoms with Crippen molar-refractivity contribution in [2.45, 2.75) is 0 Å². The standard InChI is InChI=1S/C5H5O.In/c1-3-5(6)4-2;/h1-4,6H;. The van der Waals surface area contributed by atoms with Crippen molar-refractivity contribution in [2.75, 3.05) is 0 Å². The summed E-state index contributed by atoms with van der Waals surface area (Å²) >= 11 is -0.438. The zero-order valence-corrected chi connectivity index (χ0v) is 7.13. The van der Waals surface area contributed by atoms with Crippen molar-refractivity contribution in [1.29, 1.82) is 0 Å². The maximum atomic E-state index is 8.68. The molecular formula is C5H5InO. The summed E-state index contributed by atoms with van der Waals surface area (Å²) in [4.78, 5) is 0. The van der Waals surface area contributed by atoms with Gasteiger partial charge in [-0.15, -0.1) is 0 Å². The van der Waals surface area contributed by atoms with E-state index in [1.54, 1.807) is 12.2 Å². The summed E-state index contributed by atoms with van der Waals surface area (Å²) in [6, 6.07) is 0. The van der Waals surface area contributed by atoms with Crippen LogP contribution in [0.1, 0.15) is 0 Å². The minimum atomic E-state index is -0.438. The molecule has 0 aromatic carbocycles. The van der Waals surface area contributed by atoms with Gasteiger partial charge in [0.2, 0.25) is 0 Å². The quantitative estimate of drug-likeness (QED) is 0.596. The van der Waals surface area contributed by atoms with E-state index in [0.717, 1.165) is 0 Å². The van der Waals surface area contributed by atoms with Crippen LogP contribution >= 0.6 is 0 Å². The molecule has 0 unspecified atom stereocenters. The van der Waals surface area contributed by atoms with Gasteiger partial charge in [-0.2, -0.15) is 0 Å². The molecule has 0 aliphatic carbocycles. The van der Waals surface area contributed by atoms with Crippen molar-refractivity contribution in [3.63, 3.8) is 0 Å². The Balaban J connectivity index is 2.82. The molecule has 0 aromatic rings. The second-order valence-electron chi connectivity index (χ2n) is 1.34. The van der Waals surface area contributed by atoms with E-state index in [0.29, 0.717) is 5.76 Å². The molecule has 1 rings (SSSR count). The molecule has 0 fully saturated rings. The van der Waals surface area contributed by atoms with Crippen molar-refractivity contribution >= 4 is 26.2 Å². The molecule has 0 spiro atoms. The van der Waals surface area contributed by atoms with E-state index in [9.17, 15) is 0 Å². The van der Waals surface area contributed by atoms with E-state index >= 15 is 0 Å². The van der Waals surface area contributed by atoms with E-state index in [1.807, 2.05) is 0 Å². The Hall–Kier alpha value is 0.0201. The number of allylic oxidation sites excluding steroid dienone is 2. The van der Waals surface area contributed by atoms with Crippen LogP contribution in [0.3, 0.4) is 0 Å². The van der Waals surface area contributed by atoms with Gasteiger partial charge in [0, 0.05) is 0 Å². The van der Waals surface area contributed by atoms with Gasteiger partial charge in [0.15, 0.2) is 0 Å². The van der Waals surface area contributed by atoms with Gasteiger partial charge in [0.1, 0.15) is 0 Å². The van der Waals surface area contributed by atoms with E-state index in [4.69, 9.17) is 5.11 Å². The second-order valence-corrected chi connectivity index (χ2v) is 4.63. The fraction of sp³-hybridized carbons (Fsp3) is 0. The maximum absolute atomic E-state index is 8.68. The average molecular weight is 196 g/mol. The Labute approximate surface area is 53.2 Å². The molecule has 0 saturated carbocycles. The molecule has 1 nitrogen and oxygen atoms in total. The first kappa shape index (κ1) is 5.16. The van der Waals surface area contributed by atoms with Crippen LogP contribution in [0, 0.1) is 0 Å². The van der Waals surface area contributed by atoms with E-state index in [-0.39, 0.29) is 0 Å². The summed E-state index contributed by atoms with van der Waals surface area (Å²) < 4.78 is 4.20. The molecule has 1 heterocycles. The number of hydrogen-bond acceptors (Lipinski definition) is 1. The van der Waals surface area contributed by atoms with Crippen LogP contribution in [-0.2, 0) is 0 Å². The Morgan fingerprint density at radius 1 is 1.57 bits per heavy atom. The van der Waals surface area contributed by atoms with E-state index in [2.05, 4.69) is 7.59 Å². The van der Waals surface area contributed by atoms with E-state index < -0.39 is 22.4 Å². The van der Waals surface area contributed by atoms with Crippen molar-refractivity contribution in [3.05, 3.63) is 21.7 Å². The average Bonchev–Trinajstić information content (AvgIpc) is 1.69. The molecule has 1 aliphatic rings. The first-order valence-corrected chi connectivity index (χ1v) is 5.94. The molecule has 0 aromatic heterocycles. The zero-order valence-electron chi connectivity index (χ0n) is 3.83. The van der Waals surface area contributed by atoms with Crippen LogP contribution < -0.4 is 0 Å². The Bertz CT molecular complexity index is 144. The SMILES string of the molecule is OC1=C[CH]=[In][CH]=C1. The predicted octanol–water partition coefficient (Wildman–Crippen LogP) is 0.462. The third kappa shape index (κ3) is 1.51. The summed E-state index contributed by atoms with van der Waals surface area (Å²) in [6.45, 7) is 0.